The largest absolute Gasteiger partial charge is 0.480 e. The number of aliphatic carboxylic acids is 1. The standard InChI is InChI=1S/C19H20Cl2O4/c1-10(2)8-19-6-5-11(22)7-13(19)16-12(3-4-14(20)17(16)21)18(19)25-9-15(23)24/h3-4,7,10,18H,5-6,8-9H2,1-2H3,(H,23,24). The highest BCUT2D eigenvalue weighted by atomic mass is 35.5. The van der Waals surface area contributed by atoms with E-state index in [1.54, 1.807) is 12.1 Å². The maximum absolute atomic E-state index is 12.1. The van der Waals surface area contributed by atoms with Gasteiger partial charge in [-0.25, -0.2) is 4.79 Å². The van der Waals surface area contributed by atoms with E-state index in [0.717, 1.165) is 23.1 Å². The van der Waals surface area contributed by atoms with Gasteiger partial charge in [0, 0.05) is 17.4 Å². The van der Waals surface area contributed by atoms with Crippen molar-refractivity contribution in [2.45, 2.75) is 39.2 Å². The predicted octanol–water partition coefficient (Wildman–Crippen LogP) is 4.93. The number of carboxylic acids is 1. The highest BCUT2D eigenvalue weighted by Crippen LogP contribution is 2.63. The Morgan fingerprint density at radius 1 is 1.40 bits per heavy atom. The SMILES string of the molecule is CC(C)CC12CCC(=O)C=C1c1c(ccc(Cl)c1Cl)C2OCC(=O)O. The van der Waals surface area contributed by atoms with Crippen LogP contribution in [0.2, 0.25) is 10.0 Å². The average molecular weight is 383 g/mol. The van der Waals surface area contributed by atoms with Crippen molar-refractivity contribution in [2.75, 3.05) is 6.61 Å². The molecule has 0 heterocycles. The highest BCUT2D eigenvalue weighted by molar-refractivity contribution is 6.43. The second-order valence-electron chi connectivity index (χ2n) is 7.19. The number of benzene rings is 1. The van der Waals surface area contributed by atoms with Gasteiger partial charge in [-0.3, -0.25) is 4.79 Å². The van der Waals surface area contributed by atoms with Gasteiger partial charge in [-0.2, -0.15) is 0 Å². The van der Waals surface area contributed by atoms with Gasteiger partial charge in [0.25, 0.3) is 0 Å². The molecular formula is C19H20Cl2O4. The molecule has 0 amide bonds. The van der Waals surface area contributed by atoms with Gasteiger partial charge >= 0.3 is 5.97 Å². The van der Waals surface area contributed by atoms with Crippen molar-refractivity contribution in [3.8, 4) is 0 Å². The van der Waals surface area contributed by atoms with Crippen molar-refractivity contribution in [3.63, 3.8) is 0 Å². The summed E-state index contributed by atoms with van der Waals surface area (Å²) in [6.45, 7) is 3.81. The van der Waals surface area contributed by atoms with Crippen LogP contribution in [0.1, 0.15) is 50.3 Å². The van der Waals surface area contributed by atoms with Crippen molar-refractivity contribution >= 4 is 40.5 Å². The number of hydrogen-bond acceptors (Lipinski definition) is 3. The fraction of sp³-hybridized carbons (Fsp3) is 0.474. The summed E-state index contributed by atoms with van der Waals surface area (Å²) in [7, 11) is 0. The summed E-state index contributed by atoms with van der Waals surface area (Å²) in [6, 6.07) is 3.53. The van der Waals surface area contributed by atoms with Crippen LogP contribution in [0.4, 0.5) is 0 Å². The molecule has 2 aliphatic rings. The number of fused-ring (bicyclic) bond motifs is 3. The highest BCUT2D eigenvalue weighted by Gasteiger charge is 2.53. The molecule has 0 saturated heterocycles. The number of carboxylic acid groups (broad SMARTS) is 1. The van der Waals surface area contributed by atoms with Crippen molar-refractivity contribution in [1.82, 2.24) is 0 Å². The maximum atomic E-state index is 12.1. The summed E-state index contributed by atoms with van der Waals surface area (Å²) in [5.74, 6) is -0.628. The summed E-state index contributed by atoms with van der Waals surface area (Å²) in [5.41, 5.74) is 1.94. The lowest BCUT2D eigenvalue weighted by atomic mass is 9.67. The van der Waals surface area contributed by atoms with Crippen LogP contribution in [0.15, 0.2) is 18.2 Å². The Morgan fingerprint density at radius 2 is 2.12 bits per heavy atom. The third kappa shape index (κ3) is 3.12. The summed E-state index contributed by atoms with van der Waals surface area (Å²) < 4.78 is 5.84. The Labute approximate surface area is 156 Å². The smallest absolute Gasteiger partial charge is 0.329 e. The zero-order valence-corrected chi connectivity index (χ0v) is 15.7. The molecule has 0 radical (unpaired) electrons. The maximum Gasteiger partial charge on any atom is 0.329 e. The molecule has 1 aromatic carbocycles. The van der Waals surface area contributed by atoms with Gasteiger partial charge < -0.3 is 9.84 Å². The molecule has 25 heavy (non-hydrogen) atoms. The van der Waals surface area contributed by atoms with Gasteiger partial charge in [0.1, 0.15) is 6.61 Å². The first kappa shape index (κ1) is 18.4. The summed E-state index contributed by atoms with van der Waals surface area (Å²) in [5, 5.41) is 9.89. The molecule has 2 unspecified atom stereocenters. The molecule has 0 spiro atoms. The average Bonchev–Trinajstić information content (AvgIpc) is 2.78. The fourth-order valence-corrected chi connectivity index (χ4v) is 4.69. The van der Waals surface area contributed by atoms with E-state index in [-0.39, 0.29) is 5.78 Å². The lowest BCUT2D eigenvalue weighted by Gasteiger charge is -2.40. The molecule has 0 aliphatic heterocycles. The molecule has 3 rings (SSSR count). The van der Waals surface area contributed by atoms with E-state index < -0.39 is 24.1 Å². The zero-order valence-electron chi connectivity index (χ0n) is 14.1. The Morgan fingerprint density at radius 3 is 2.76 bits per heavy atom. The van der Waals surface area contributed by atoms with Crippen LogP contribution in [-0.4, -0.2) is 23.5 Å². The van der Waals surface area contributed by atoms with E-state index in [0.29, 0.717) is 28.8 Å². The second-order valence-corrected chi connectivity index (χ2v) is 7.97. The van der Waals surface area contributed by atoms with Crippen molar-refractivity contribution in [1.29, 1.82) is 0 Å². The van der Waals surface area contributed by atoms with E-state index in [4.69, 9.17) is 33.0 Å². The first-order valence-corrected chi connectivity index (χ1v) is 9.08. The number of ether oxygens (including phenoxy) is 1. The van der Waals surface area contributed by atoms with Crippen LogP contribution in [0.3, 0.4) is 0 Å². The number of ketones is 1. The molecule has 6 heteroatoms. The minimum absolute atomic E-state index is 0.0512. The van der Waals surface area contributed by atoms with Gasteiger partial charge in [-0.05, 0) is 42.0 Å². The number of hydrogen-bond donors (Lipinski definition) is 1. The molecule has 0 aromatic heterocycles. The topological polar surface area (TPSA) is 63.6 Å². The van der Waals surface area contributed by atoms with Crippen molar-refractivity contribution in [2.24, 2.45) is 11.3 Å². The molecule has 2 aliphatic carbocycles. The Balaban J connectivity index is 2.21. The van der Waals surface area contributed by atoms with Crippen LogP contribution < -0.4 is 0 Å². The summed E-state index contributed by atoms with van der Waals surface area (Å²) in [4.78, 5) is 23.2. The first-order chi connectivity index (χ1) is 11.8. The molecule has 134 valence electrons. The number of carbonyl (C=O) groups is 2. The minimum Gasteiger partial charge on any atom is -0.480 e. The third-order valence-electron chi connectivity index (χ3n) is 4.99. The lowest BCUT2D eigenvalue weighted by Crippen LogP contribution is -2.33. The number of halogens is 2. The van der Waals surface area contributed by atoms with Gasteiger partial charge in [0.2, 0.25) is 0 Å². The number of carbonyl (C=O) groups excluding carboxylic acids is 1. The molecule has 0 fully saturated rings. The number of rotatable bonds is 5. The van der Waals surface area contributed by atoms with Crippen LogP contribution in [0.5, 0.6) is 0 Å². The van der Waals surface area contributed by atoms with Gasteiger partial charge in [0.15, 0.2) is 5.78 Å². The van der Waals surface area contributed by atoms with Gasteiger partial charge in [-0.15, -0.1) is 0 Å². The normalized spacial score (nSPS) is 24.9. The van der Waals surface area contributed by atoms with Crippen LogP contribution in [0, 0.1) is 11.3 Å². The van der Waals surface area contributed by atoms with Crippen molar-refractivity contribution in [3.05, 3.63) is 39.4 Å². The lowest BCUT2D eigenvalue weighted by molar-refractivity contribution is -0.147. The zero-order chi connectivity index (χ0) is 18.4. The predicted molar refractivity (Wildman–Crippen MR) is 96.9 cm³/mol. The fourth-order valence-electron chi connectivity index (χ4n) is 4.26. The van der Waals surface area contributed by atoms with Gasteiger partial charge in [-0.1, -0.05) is 43.1 Å². The minimum atomic E-state index is -1.02. The van der Waals surface area contributed by atoms with E-state index in [1.807, 2.05) is 6.07 Å². The molecule has 4 nitrogen and oxygen atoms in total. The summed E-state index contributed by atoms with van der Waals surface area (Å²) in [6.07, 6.45) is 3.01. The third-order valence-corrected chi connectivity index (χ3v) is 5.79. The Hall–Kier alpha value is -1.36. The first-order valence-electron chi connectivity index (χ1n) is 8.33. The molecule has 2 atom stereocenters. The Kier molecular flexibility index (Phi) is 4.97. The van der Waals surface area contributed by atoms with E-state index >= 15 is 0 Å². The molecule has 0 bridgehead atoms. The molecule has 1 N–H and O–H groups in total. The van der Waals surface area contributed by atoms with Crippen LogP contribution in [-0.2, 0) is 14.3 Å². The van der Waals surface area contributed by atoms with Crippen molar-refractivity contribution < 1.29 is 19.4 Å². The van der Waals surface area contributed by atoms with Gasteiger partial charge in [0.05, 0.1) is 16.1 Å². The molecular weight excluding hydrogens is 363 g/mol. The molecule has 1 aromatic rings. The second kappa shape index (κ2) is 6.75. The molecule has 0 saturated carbocycles. The van der Waals surface area contributed by atoms with E-state index in [2.05, 4.69) is 13.8 Å². The van der Waals surface area contributed by atoms with Crippen LogP contribution in [0.25, 0.3) is 5.57 Å². The quantitative estimate of drug-likeness (QED) is 0.783. The number of allylic oxidation sites excluding steroid dienone is 1. The van der Waals surface area contributed by atoms with E-state index in [1.165, 1.54) is 0 Å². The summed E-state index contributed by atoms with van der Waals surface area (Å²) >= 11 is 12.7. The van der Waals surface area contributed by atoms with E-state index in [9.17, 15) is 9.59 Å². The monoisotopic (exact) mass is 382 g/mol. The Bertz CT molecular complexity index is 769. The van der Waals surface area contributed by atoms with Crippen LogP contribution >= 0.6 is 23.2 Å².